The number of aliphatic carboxylic acids is 1. The zero-order chi connectivity index (χ0) is 13.4. The lowest BCUT2D eigenvalue weighted by atomic mass is 10.4. The Balaban J connectivity index is 0. The summed E-state index contributed by atoms with van der Waals surface area (Å²) in [6.07, 6.45) is -5.19. The number of rotatable bonds is 4. The molecule has 0 rings (SSSR count). The number of carboxylic acid groups (broad SMARTS) is 1. The molecule has 7 heteroatoms. The fraction of sp³-hybridized carbons (Fsp3) is 0.889. The van der Waals surface area contributed by atoms with E-state index >= 15 is 0 Å². The molecule has 0 spiro atoms. The van der Waals surface area contributed by atoms with Crippen LogP contribution >= 0.6 is 0 Å². The second-order valence-corrected chi connectivity index (χ2v) is 3.75. The summed E-state index contributed by atoms with van der Waals surface area (Å²) in [6.45, 7) is 5.33. The van der Waals surface area contributed by atoms with Crippen LogP contribution in [0.15, 0.2) is 0 Å². The minimum atomic E-state index is -5.19. The van der Waals surface area contributed by atoms with E-state index < -0.39 is 12.1 Å². The number of ether oxygens (including phenoxy) is 1. The molecule has 0 amide bonds. The van der Waals surface area contributed by atoms with E-state index in [9.17, 15) is 13.2 Å². The van der Waals surface area contributed by atoms with E-state index in [1.54, 1.807) is 7.11 Å². The first-order chi connectivity index (χ1) is 7.06. The zero-order valence-electron chi connectivity index (χ0n) is 9.93. The van der Waals surface area contributed by atoms with Crippen LogP contribution in [0.4, 0.5) is 13.2 Å². The van der Waals surface area contributed by atoms with Gasteiger partial charge in [-0.3, -0.25) is 0 Å². The van der Waals surface area contributed by atoms with Gasteiger partial charge >= 0.3 is 6.18 Å². The lowest BCUT2D eigenvalue weighted by molar-refractivity contribution is -0.888. The Morgan fingerprint density at radius 1 is 1.38 bits per heavy atom. The fourth-order valence-corrected chi connectivity index (χ4v) is 0.497. The molecule has 0 atom stereocenters. The summed E-state index contributed by atoms with van der Waals surface area (Å²) in [5.74, 6) is -3.01. The van der Waals surface area contributed by atoms with Crippen molar-refractivity contribution in [2.24, 2.45) is 0 Å². The van der Waals surface area contributed by atoms with Crippen LogP contribution in [0, 0.1) is 0 Å². The molecule has 0 N–H and O–H groups in total. The largest absolute Gasteiger partial charge is 0.542 e. The third kappa shape index (κ3) is 11.3. The average Bonchev–Trinajstić information content (AvgIpc) is 2.14. The van der Waals surface area contributed by atoms with Gasteiger partial charge in [0, 0.05) is 7.11 Å². The number of carboxylic acids is 1. The van der Waals surface area contributed by atoms with Crippen LogP contribution < -0.4 is 5.11 Å². The van der Waals surface area contributed by atoms with Crippen molar-refractivity contribution < 1.29 is 32.3 Å². The predicted molar refractivity (Wildman–Crippen MR) is 50.5 cm³/mol. The van der Waals surface area contributed by atoms with Gasteiger partial charge in [-0.25, -0.2) is 0 Å². The molecule has 0 aliphatic carbocycles. The molecule has 0 heterocycles. The predicted octanol–water partition coefficient (Wildman–Crippen LogP) is 0.0277. The summed E-state index contributed by atoms with van der Waals surface area (Å²) in [5, 5.41) is 8.78. The quantitative estimate of drug-likeness (QED) is 0.656. The number of carbonyl (C=O) groups is 1. The number of hydrogen-bond acceptors (Lipinski definition) is 3. The SMILES string of the molecule is CC[N+](C)(C)CCOC.O=C([O-])C(F)(F)F. The number of halogens is 3. The van der Waals surface area contributed by atoms with Crippen LogP contribution in [-0.2, 0) is 9.53 Å². The summed E-state index contributed by atoms with van der Waals surface area (Å²) in [7, 11) is 6.16. The highest BCUT2D eigenvalue weighted by Gasteiger charge is 2.28. The number of quaternary nitrogens is 1. The Hall–Kier alpha value is -0.820. The van der Waals surface area contributed by atoms with Crippen LogP contribution in [0.5, 0.6) is 0 Å². The Labute approximate surface area is 93.2 Å². The van der Waals surface area contributed by atoms with Gasteiger partial charge in [0.2, 0.25) is 0 Å². The second kappa shape index (κ2) is 7.45. The lowest BCUT2D eigenvalue weighted by Gasteiger charge is -2.27. The molecule has 0 fully saturated rings. The highest BCUT2D eigenvalue weighted by atomic mass is 19.4. The molecule has 0 saturated carbocycles. The van der Waals surface area contributed by atoms with Gasteiger partial charge in [0.15, 0.2) is 0 Å². The molecule has 0 unspecified atom stereocenters. The van der Waals surface area contributed by atoms with Gasteiger partial charge in [0.1, 0.15) is 12.5 Å². The number of nitrogens with zero attached hydrogens (tertiary/aromatic N) is 1. The third-order valence-corrected chi connectivity index (χ3v) is 1.99. The molecule has 98 valence electrons. The van der Waals surface area contributed by atoms with Crippen molar-refractivity contribution in [1.82, 2.24) is 0 Å². The molecule has 16 heavy (non-hydrogen) atoms. The van der Waals surface area contributed by atoms with E-state index in [1.807, 2.05) is 0 Å². The van der Waals surface area contributed by atoms with E-state index in [0.717, 1.165) is 17.6 Å². The molecule has 0 saturated heterocycles. The van der Waals surface area contributed by atoms with E-state index in [-0.39, 0.29) is 0 Å². The number of hydrogen-bond donors (Lipinski definition) is 0. The molecule has 4 nitrogen and oxygen atoms in total. The van der Waals surface area contributed by atoms with Gasteiger partial charge in [0.05, 0.1) is 27.2 Å². The Bertz CT molecular complexity index is 205. The molecule has 0 aromatic rings. The van der Waals surface area contributed by atoms with Crippen LogP contribution in [0.1, 0.15) is 6.92 Å². The Morgan fingerprint density at radius 2 is 1.75 bits per heavy atom. The van der Waals surface area contributed by atoms with E-state index in [4.69, 9.17) is 14.6 Å². The molecule has 0 aromatic carbocycles. The first kappa shape index (κ1) is 17.6. The molecular formula is C9H18F3NO3. The molecule has 0 bridgehead atoms. The van der Waals surface area contributed by atoms with Crippen LogP contribution in [0.25, 0.3) is 0 Å². The van der Waals surface area contributed by atoms with Gasteiger partial charge in [-0.15, -0.1) is 0 Å². The average molecular weight is 245 g/mol. The molecule has 0 aliphatic heterocycles. The second-order valence-electron chi connectivity index (χ2n) is 3.75. The maximum Gasteiger partial charge on any atom is 0.430 e. The summed E-state index contributed by atoms with van der Waals surface area (Å²) < 4.78 is 37.6. The third-order valence-electron chi connectivity index (χ3n) is 1.99. The summed E-state index contributed by atoms with van der Waals surface area (Å²) in [5.41, 5.74) is 0. The fourth-order valence-electron chi connectivity index (χ4n) is 0.497. The Kier molecular flexibility index (Phi) is 8.18. The van der Waals surface area contributed by atoms with Crippen molar-refractivity contribution in [3.63, 3.8) is 0 Å². The number of carbonyl (C=O) groups excluding carboxylic acids is 1. The molecule has 0 aliphatic rings. The molecule has 0 aromatic heterocycles. The standard InChI is InChI=1S/C7H18NO.C2HF3O2/c1-5-8(2,3)6-7-9-4;3-2(4,5)1(6)7/h5-7H2,1-4H3;(H,6,7)/q+1;/p-1. The van der Waals surface area contributed by atoms with E-state index in [1.165, 1.54) is 6.54 Å². The minimum Gasteiger partial charge on any atom is -0.542 e. The first-order valence-corrected chi connectivity index (χ1v) is 4.66. The smallest absolute Gasteiger partial charge is 0.430 e. The van der Waals surface area contributed by atoms with E-state index in [2.05, 4.69) is 21.0 Å². The summed E-state index contributed by atoms with van der Waals surface area (Å²) in [4.78, 5) is 8.78. The molecular weight excluding hydrogens is 227 g/mol. The lowest BCUT2D eigenvalue weighted by Crippen LogP contribution is -2.41. The molecule has 0 radical (unpaired) electrons. The van der Waals surface area contributed by atoms with Crippen LogP contribution in [0.2, 0.25) is 0 Å². The first-order valence-electron chi connectivity index (χ1n) is 4.66. The zero-order valence-corrected chi connectivity index (χ0v) is 9.93. The van der Waals surface area contributed by atoms with Crippen LogP contribution in [0.3, 0.4) is 0 Å². The number of methoxy groups -OCH3 is 1. The van der Waals surface area contributed by atoms with Crippen molar-refractivity contribution in [3.05, 3.63) is 0 Å². The number of alkyl halides is 3. The highest BCUT2D eigenvalue weighted by molar-refractivity contribution is 5.70. The van der Waals surface area contributed by atoms with Gasteiger partial charge in [-0.1, -0.05) is 0 Å². The van der Waals surface area contributed by atoms with Crippen molar-refractivity contribution in [2.75, 3.05) is 40.9 Å². The topological polar surface area (TPSA) is 49.4 Å². The van der Waals surface area contributed by atoms with Crippen molar-refractivity contribution in [3.8, 4) is 0 Å². The monoisotopic (exact) mass is 245 g/mol. The van der Waals surface area contributed by atoms with Gasteiger partial charge in [0.25, 0.3) is 0 Å². The van der Waals surface area contributed by atoms with Gasteiger partial charge in [-0.05, 0) is 6.92 Å². The summed E-state index contributed by atoms with van der Waals surface area (Å²) in [6, 6.07) is 0. The minimum absolute atomic E-state index is 0.862. The Morgan fingerprint density at radius 3 is 1.94 bits per heavy atom. The van der Waals surface area contributed by atoms with Crippen molar-refractivity contribution in [1.29, 1.82) is 0 Å². The van der Waals surface area contributed by atoms with Crippen molar-refractivity contribution in [2.45, 2.75) is 13.1 Å². The van der Waals surface area contributed by atoms with Gasteiger partial charge in [-0.2, -0.15) is 13.2 Å². The number of likely N-dealkylation sites (N-methyl/N-ethyl adjacent to an activating group) is 1. The van der Waals surface area contributed by atoms with Gasteiger partial charge < -0.3 is 19.1 Å². The maximum absolute atomic E-state index is 10.5. The summed E-state index contributed by atoms with van der Waals surface area (Å²) >= 11 is 0. The highest BCUT2D eigenvalue weighted by Crippen LogP contribution is 2.11. The normalized spacial score (nSPS) is 11.7. The van der Waals surface area contributed by atoms with E-state index in [0.29, 0.717) is 0 Å². The maximum atomic E-state index is 10.5. The van der Waals surface area contributed by atoms with Crippen molar-refractivity contribution >= 4 is 5.97 Å². The van der Waals surface area contributed by atoms with Crippen LogP contribution in [-0.4, -0.2) is 57.5 Å².